The zero-order valence-electron chi connectivity index (χ0n) is 18.6. The van der Waals surface area contributed by atoms with Crippen molar-refractivity contribution < 1.29 is 9.53 Å². The summed E-state index contributed by atoms with van der Waals surface area (Å²) in [5, 5.41) is 5.30. The first kappa shape index (κ1) is 21.4. The molecule has 0 aliphatic heterocycles. The van der Waals surface area contributed by atoms with Crippen LogP contribution in [0.4, 0.5) is 0 Å². The Morgan fingerprint density at radius 1 is 0.969 bits per heavy atom. The van der Waals surface area contributed by atoms with Gasteiger partial charge in [0.2, 0.25) is 0 Å². The molecule has 1 aromatic heterocycles. The minimum atomic E-state index is -0.300. The number of fused-ring (bicyclic) bond motifs is 1. The van der Waals surface area contributed by atoms with Crippen LogP contribution in [0.2, 0.25) is 0 Å². The second kappa shape index (κ2) is 9.52. The Labute approximate surface area is 188 Å². The number of nitrogens with one attached hydrogen (secondary N) is 1. The normalized spacial score (nSPS) is 11.2. The average molecular weight is 426 g/mol. The highest BCUT2D eigenvalue weighted by Gasteiger charge is 2.13. The van der Waals surface area contributed by atoms with Crippen molar-refractivity contribution in [2.45, 2.75) is 27.3 Å². The number of carbonyl (C=O) groups excluding carboxylic acids is 1. The number of aryl methyl sites for hydroxylation is 2. The molecule has 0 aliphatic rings. The number of benzene rings is 3. The van der Waals surface area contributed by atoms with Crippen molar-refractivity contribution in [3.63, 3.8) is 0 Å². The summed E-state index contributed by atoms with van der Waals surface area (Å²) in [5.74, 6) is 0.382. The highest BCUT2D eigenvalue weighted by molar-refractivity contribution is 6.01. The Kier molecular flexibility index (Phi) is 6.36. The molecule has 0 saturated carbocycles. The van der Waals surface area contributed by atoms with Gasteiger partial charge in [0.1, 0.15) is 5.75 Å². The van der Waals surface area contributed by atoms with Gasteiger partial charge >= 0.3 is 0 Å². The molecule has 1 amide bonds. The first-order valence-electron chi connectivity index (χ1n) is 10.7. The second-order valence-corrected chi connectivity index (χ2v) is 7.99. The smallest absolute Gasteiger partial charge is 0.277 e. The van der Waals surface area contributed by atoms with E-state index in [1.54, 1.807) is 6.21 Å². The van der Waals surface area contributed by atoms with E-state index in [2.05, 4.69) is 52.3 Å². The summed E-state index contributed by atoms with van der Waals surface area (Å²) in [7, 11) is 0. The Hall–Kier alpha value is -3.86. The van der Waals surface area contributed by atoms with Crippen LogP contribution >= 0.6 is 0 Å². The van der Waals surface area contributed by atoms with Gasteiger partial charge in [-0.15, -0.1) is 0 Å². The summed E-state index contributed by atoms with van der Waals surface area (Å²) in [6, 6.07) is 24.5. The Morgan fingerprint density at radius 3 is 2.41 bits per heavy atom. The van der Waals surface area contributed by atoms with Gasteiger partial charge in [-0.1, -0.05) is 54.6 Å². The van der Waals surface area contributed by atoms with Gasteiger partial charge in [0.05, 0.1) is 6.21 Å². The number of para-hydroxylation sites is 1. The summed E-state index contributed by atoms with van der Waals surface area (Å²) in [6.07, 6.45) is 1.72. The number of nitrogens with zero attached hydrogens (tertiary/aromatic N) is 2. The maximum atomic E-state index is 12.2. The molecule has 5 nitrogen and oxygen atoms in total. The Balaban J connectivity index is 1.47. The van der Waals surface area contributed by atoms with Crippen molar-refractivity contribution in [3.8, 4) is 5.75 Å². The third kappa shape index (κ3) is 4.89. The number of aromatic nitrogens is 1. The fourth-order valence-electron chi connectivity index (χ4n) is 3.96. The van der Waals surface area contributed by atoms with Gasteiger partial charge < -0.3 is 9.30 Å². The fourth-order valence-corrected chi connectivity index (χ4v) is 3.96. The third-order valence-electron chi connectivity index (χ3n) is 5.41. The summed E-state index contributed by atoms with van der Waals surface area (Å²) in [5.41, 5.74) is 9.23. The zero-order chi connectivity index (χ0) is 22.5. The maximum absolute atomic E-state index is 12.2. The molecule has 1 heterocycles. The van der Waals surface area contributed by atoms with Crippen LogP contribution in [0.15, 0.2) is 77.9 Å². The number of ether oxygens (including phenoxy) is 1. The molecule has 5 heteroatoms. The van der Waals surface area contributed by atoms with Crippen LogP contribution in [0.3, 0.4) is 0 Å². The topological polar surface area (TPSA) is 55.6 Å². The molecule has 4 aromatic rings. The van der Waals surface area contributed by atoms with Crippen LogP contribution in [-0.4, -0.2) is 23.3 Å². The van der Waals surface area contributed by atoms with E-state index in [1.165, 1.54) is 5.56 Å². The molecule has 0 bridgehead atoms. The largest absolute Gasteiger partial charge is 0.484 e. The molecule has 0 atom stereocenters. The molecule has 32 heavy (non-hydrogen) atoms. The zero-order valence-corrected chi connectivity index (χ0v) is 18.6. The van der Waals surface area contributed by atoms with Crippen LogP contribution in [0, 0.1) is 20.8 Å². The molecule has 0 radical (unpaired) electrons. The highest BCUT2D eigenvalue weighted by Crippen LogP contribution is 2.25. The van der Waals surface area contributed by atoms with Gasteiger partial charge in [0, 0.05) is 28.7 Å². The highest BCUT2D eigenvalue weighted by atomic mass is 16.5. The van der Waals surface area contributed by atoms with Crippen LogP contribution in [0.5, 0.6) is 5.75 Å². The Morgan fingerprint density at radius 2 is 1.66 bits per heavy atom. The summed E-state index contributed by atoms with van der Waals surface area (Å²) >= 11 is 0. The van der Waals surface area contributed by atoms with Crippen LogP contribution < -0.4 is 10.2 Å². The van der Waals surface area contributed by atoms with Crippen LogP contribution in [-0.2, 0) is 11.3 Å². The summed E-state index contributed by atoms with van der Waals surface area (Å²) < 4.78 is 7.88. The van der Waals surface area contributed by atoms with Crippen molar-refractivity contribution in [2.24, 2.45) is 5.10 Å². The molecule has 0 saturated heterocycles. The molecule has 162 valence electrons. The predicted molar refractivity (Wildman–Crippen MR) is 129 cm³/mol. The number of carbonyl (C=O) groups is 1. The first-order valence-corrected chi connectivity index (χ1v) is 10.7. The van der Waals surface area contributed by atoms with E-state index >= 15 is 0 Å². The van der Waals surface area contributed by atoms with Crippen molar-refractivity contribution in [2.75, 3.05) is 6.61 Å². The van der Waals surface area contributed by atoms with Crippen LogP contribution in [0.1, 0.15) is 27.9 Å². The number of amides is 1. The van der Waals surface area contributed by atoms with E-state index in [0.29, 0.717) is 5.75 Å². The lowest BCUT2D eigenvalue weighted by Gasteiger charge is -2.08. The minimum Gasteiger partial charge on any atom is -0.484 e. The van der Waals surface area contributed by atoms with Gasteiger partial charge in [0.25, 0.3) is 5.91 Å². The van der Waals surface area contributed by atoms with E-state index < -0.39 is 0 Å². The predicted octanol–water partition coefficient (Wildman–Crippen LogP) is 5.14. The van der Waals surface area contributed by atoms with Gasteiger partial charge in [-0.2, -0.15) is 5.10 Å². The number of hydrogen-bond acceptors (Lipinski definition) is 3. The molecule has 0 unspecified atom stereocenters. The summed E-state index contributed by atoms with van der Waals surface area (Å²) in [4.78, 5) is 12.2. The SMILES string of the molecule is Cc1cc(C)cc(OCC(=O)NN=Cc2c(C)n(Cc3ccccc3)c3ccccc23)c1. The molecular formula is C27H27N3O2. The van der Waals surface area contributed by atoms with E-state index in [1.807, 2.05) is 56.3 Å². The van der Waals surface area contributed by atoms with E-state index in [9.17, 15) is 4.79 Å². The molecule has 1 N–H and O–H groups in total. The molecule has 0 aliphatic carbocycles. The molecule has 3 aromatic carbocycles. The summed E-state index contributed by atoms with van der Waals surface area (Å²) in [6.45, 7) is 6.77. The monoisotopic (exact) mass is 425 g/mol. The van der Waals surface area contributed by atoms with Crippen LogP contribution in [0.25, 0.3) is 10.9 Å². The van der Waals surface area contributed by atoms with Gasteiger partial charge in [-0.3, -0.25) is 4.79 Å². The lowest BCUT2D eigenvalue weighted by molar-refractivity contribution is -0.123. The van der Waals surface area contributed by atoms with E-state index in [-0.39, 0.29) is 12.5 Å². The lowest BCUT2D eigenvalue weighted by Crippen LogP contribution is -2.24. The van der Waals surface area contributed by atoms with E-state index in [0.717, 1.165) is 39.8 Å². The lowest BCUT2D eigenvalue weighted by atomic mass is 10.1. The Bertz CT molecular complexity index is 1250. The van der Waals surface area contributed by atoms with Crippen molar-refractivity contribution in [3.05, 3.63) is 101 Å². The van der Waals surface area contributed by atoms with E-state index in [4.69, 9.17) is 4.74 Å². The fraction of sp³-hybridized carbons (Fsp3) is 0.185. The number of hydrazone groups is 1. The number of rotatable bonds is 7. The van der Waals surface area contributed by atoms with Gasteiger partial charge in [-0.05, 0) is 55.7 Å². The first-order chi connectivity index (χ1) is 15.5. The third-order valence-corrected chi connectivity index (χ3v) is 5.41. The molecule has 0 fully saturated rings. The second-order valence-electron chi connectivity index (χ2n) is 7.99. The molecule has 4 rings (SSSR count). The molecular weight excluding hydrogens is 398 g/mol. The van der Waals surface area contributed by atoms with Crippen molar-refractivity contribution in [1.29, 1.82) is 0 Å². The number of hydrogen-bond donors (Lipinski definition) is 1. The molecule has 0 spiro atoms. The standard InChI is InChI=1S/C27H27N3O2/c1-19-13-20(2)15-23(14-19)32-18-27(31)29-28-16-25-21(3)30(17-22-9-5-4-6-10-22)26-12-8-7-11-24(25)26/h4-16H,17-18H2,1-3H3,(H,29,31). The van der Waals surface area contributed by atoms with Crippen molar-refractivity contribution >= 4 is 23.0 Å². The minimum absolute atomic E-state index is 0.0883. The van der Waals surface area contributed by atoms with Crippen molar-refractivity contribution in [1.82, 2.24) is 9.99 Å². The maximum Gasteiger partial charge on any atom is 0.277 e. The van der Waals surface area contributed by atoms with Gasteiger partial charge in [0.15, 0.2) is 6.61 Å². The van der Waals surface area contributed by atoms with Gasteiger partial charge in [-0.25, -0.2) is 5.43 Å². The average Bonchev–Trinajstić information content (AvgIpc) is 3.04. The quantitative estimate of drug-likeness (QED) is 0.329.